The Morgan fingerprint density at radius 1 is 1.19 bits per heavy atom. The Bertz CT molecular complexity index is 1450. The number of pyridine rings is 1. The number of aromatic nitrogens is 6. The van der Waals surface area contributed by atoms with Gasteiger partial charge in [-0.2, -0.15) is 0 Å². The Labute approximate surface area is 206 Å². The average molecular weight is 495 g/mol. The number of aryl methyl sites for hydroxylation is 1. The molecule has 2 fully saturated rings. The number of anilines is 1. The maximum absolute atomic E-state index is 13.1. The summed E-state index contributed by atoms with van der Waals surface area (Å²) in [7, 11) is 0. The normalized spacial score (nSPS) is 17.9. The summed E-state index contributed by atoms with van der Waals surface area (Å²) in [6, 6.07) is 4.10. The highest BCUT2D eigenvalue weighted by Gasteiger charge is 2.46. The van der Waals surface area contributed by atoms with Crippen molar-refractivity contribution in [2.45, 2.75) is 58.5 Å². The van der Waals surface area contributed by atoms with Crippen molar-refractivity contribution in [2.24, 2.45) is 5.41 Å². The van der Waals surface area contributed by atoms with Gasteiger partial charge in [0.25, 0.3) is 6.43 Å². The molecule has 0 radical (unpaired) electrons. The fraction of sp³-hybridized carbons (Fsp3) is 0.480. The minimum Gasteiger partial charge on any atom is -0.350 e. The zero-order valence-corrected chi connectivity index (χ0v) is 20.3. The molecule has 6 rings (SSSR count). The lowest BCUT2D eigenvalue weighted by atomic mass is 9.60. The van der Waals surface area contributed by atoms with Gasteiger partial charge in [-0.05, 0) is 50.2 Å². The van der Waals surface area contributed by atoms with E-state index in [-0.39, 0.29) is 5.91 Å². The number of fused-ring (bicyclic) bond motifs is 2. The zero-order chi connectivity index (χ0) is 25.0. The number of piperidine rings is 1. The van der Waals surface area contributed by atoms with Gasteiger partial charge in [-0.15, -0.1) is 5.10 Å². The first-order chi connectivity index (χ1) is 17.3. The van der Waals surface area contributed by atoms with E-state index in [2.05, 4.69) is 25.4 Å². The van der Waals surface area contributed by atoms with Crippen LogP contribution in [0.3, 0.4) is 0 Å². The van der Waals surface area contributed by atoms with Crippen LogP contribution < -0.4 is 5.32 Å². The van der Waals surface area contributed by atoms with E-state index in [1.807, 2.05) is 23.2 Å². The summed E-state index contributed by atoms with van der Waals surface area (Å²) in [6.07, 6.45) is 7.11. The van der Waals surface area contributed by atoms with Crippen LogP contribution in [0.5, 0.6) is 0 Å². The molecular formula is C25H28F2N8O. The second kappa shape index (κ2) is 8.49. The molecule has 0 bridgehead atoms. The van der Waals surface area contributed by atoms with Crippen molar-refractivity contribution in [3.63, 3.8) is 0 Å². The zero-order valence-electron chi connectivity index (χ0n) is 20.3. The van der Waals surface area contributed by atoms with Crippen molar-refractivity contribution in [1.29, 1.82) is 0 Å². The molecular weight excluding hydrogens is 466 g/mol. The quantitative estimate of drug-likeness (QED) is 0.452. The maximum atomic E-state index is 13.1. The van der Waals surface area contributed by atoms with E-state index in [1.165, 1.54) is 4.57 Å². The number of imidazole rings is 1. The smallest absolute Gasteiger partial charge is 0.256 e. The first kappa shape index (κ1) is 22.8. The van der Waals surface area contributed by atoms with Gasteiger partial charge in [-0.1, -0.05) is 0 Å². The Balaban J connectivity index is 1.18. The number of hydrogen-bond donors (Lipinski definition) is 1. The largest absolute Gasteiger partial charge is 0.350 e. The minimum absolute atomic E-state index is 0.163. The van der Waals surface area contributed by atoms with Gasteiger partial charge in [-0.25, -0.2) is 28.2 Å². The Kier molecular flexibility index (Phi) is 5.38. The Morgan fingerprint density at radius 3 is 2.69 bits per heavy atom. The van der Waals surface area contributed by atoms with E-state index >= 15 is 0 Å². The molecule has 1 saturated heterocycles. The fourth-order valence-electron chi connectivity index (χ4n) is 5.82. The van der Waals surface area contributed by atoms with Gasteiger partial charge in [0.1, 0.15) is 5.82 Å². The second-order valence-corrected chi connectivity index (χ2v) is 10.1. The third-order valence-corrected chi connectivity index (χ3v) is 7.81. The molecule has 1 amide bonds. The molecule has 1 spiro atoms. The van der Waals surface area contributed by atoms with Crippen LogP contribution in [-0.4, -0.2) is 65.5 Å². The predicted molar refractivity (Wildman–Crippen MR) is 131 cm³/mol. The molecule has 1 saturated carbocycles. The summed E-state index contributed by atoms with van der Waals surface area (Å²) >= 11 is 0. The number of carbonyl (C=O) groups excluding carboxylic acids is 1. The van der Waals surface area contributed by atoms with Crippen LogP contribution >= 0.6 is 0 Å². The highest BCUT2D eigenvalue weighted by molar-refractivity contribution is 5.85. The van der Waals surface area contributed by atoms with Crippen molar-refractivity contribution in [2.75, 3.05) is 18.4 Å². The SMILES string of the molecule is CC(=O)N1CCC2(CC1)CC(Nc1ncc3c(-c4cnc5nc(C)n(CC(F)F)c5c4)ccn3n1)C2. The third-order valence-electron chi connectivity index (χ3n) is 7.81. The molecule has 1 aliphatic carbocycles. The summed E-state index contributed by atoms with van der Waals surface area (Å²) < 4.78 is 29.4. The number of hydrogen-bond acceptors (Lipinski definition) is 6. The number of rotatable bonds is 5. The number of amides is 1. The van der Waals surface area contributed by atoms with E-state index in [4.69, 9.17) is 0 Å². The van der Waals surface area contributed by atoms with Crippen molar-refractivity contribution >= 4 is 28.5 Å². The summed E-state index contributed by atoms with van der Waals surface area (Å²) in [5.41, 5.74) is 3.83. The molecule has 4 aromatic heterocycles. The highest BCUT2D eigenvalue weighted by atomic mass is 19.3. The van der Waals surface area contributed by atoms with E-state index < -0.39 is 13.0 Å². The van der Waals surface area contributed by atoms with Gasteiger partial charge in [0.05, 0.1) is 23.8 Å². The van der Waals surface area contributed by atoms with Crippen molar-refractivity contribution in [3.8, 4) is 11.1 Å². The van der Waals surface area contributed by atoms with Crippen molar-refractivity contribution < 1.29 is 13.6 Å². The molecule has 0 atom stereocenters. The van der Waals surface area contributed by atoms with Crippen LogP contribution in [0.25, 0.3) is 27.8 Å². The van der Waals surface area contributed by atoms with E-state index in [9.17, 15) is 13.6 Å². The van der Waals surface area contributed by atoms with Gasteiger partial charge in [0, 0.05) is 49.6 Å². The lowest BCUT2D eigenvalue weighted by Crippen LogP contribution is -2.52. The molecule has 1 aliphatic heterocycles. The first-order valence-electron chi connectivity index (χ1n) is 12.3. The molecule has 11 heteroatoms. The van der Waals surface area contributed by atoms with Crippen LogP contribution in [0.2, 0.25) is 0 Å². The Morgan fingerprint density at radius 2 is 1.97 bits per heavy atom. The molecule has 0 aromatic carbocycles. The highest BCUT2D eigenvalue weighted by Crippen LogP contribution is 2.49. The predicted octanol–water partition coefficient (Wildman–Crippen LogP) is 3.92. The lowest BCUT2D eigenvalue weighted by molar-refractivity contribution is -0.132. The van der Waals surface area contributed by atoms with Crippen LogP contribution in [0.1, 0.15) is 38.4 Å². The van der Waals surface area contributed by atoms with E-state index in [0.717, 1.165) is 55.4 Å². The number of alkyl halides is 2. The van der Waals surface area contributed by atoms with Gasteiger partial charge in [0.2, 0.25) is 11.9 Å². The van der Waals surface area contributed by atoms with Crippen LogP contribution in [0, 0.1) is 12.3 Å². The van der Waals surface area contributed by atoms with E-state index in [1.54, 1.807) is 30.8 Å². The molecule has 4 aromatic rings. The summed E-state index contributed by atoms with van der Waals surface area (Å²) in [4.78, 5) is 26.8. The van der Waals surface area contributed by atoms with Crippen molar-refractivity contribution in [3.05, 3.63) is 36.5 Å². The number of halogens is 2. The molecule has 0 unspecified atom stereocenters. The average Bonchev–Trinajstić information content (AvgIpc) is 3.38. The maximum Gasteiger partial charge on any atom is 0.256 e. The summed E-state index contributed by atoms with van der Waals surface area (Å²) in [5.74, 6) is 1.25. The second-order valence-electron chi connectivity index (χ2n) is 10.1. The van der Waals surface area contributed by atoms with Gasteiger partial charge in [-0.3, -0.25) is 4.79 Å². The molecule has 1 N–H and O–H groups in total. The van der Waals surface area contributed by atoms with Crippen LogP contribution in [0.4, 0.5) is 14.7 Å². The van der Waals surface area contributed by atoms with E-state index in [0.29, 0.717) is 34.4 Å². The molecule has 36 heavy (non-hydrogen) atoms. The molecule has 5 heterocycles. The summed E-state index contributed by atoms with van der Waals surface area (Å²) in [5, 5.41) is 8.10. The number of nitrogens with zero attached hydrogens (tertiary/aromatic N) is 7. The standard InChI is InChI=1S/C25H28F2N8O/c1-15-30-23-20(34(15)14-22(26)27)9-17(12-28-23)19-3-6-35-21(19)13-29-24(32-35)31-18-10-25(11-18)4-7-33(8-5-25)16(2)36/h3,6,9,12-13,18,22H,4-5,7-8,10-11,14H2,1-2H3,(H,31,32). The molecule has 188 valence electrons. The lowest BCUT2D eigenvalue weighted by Gasteiger charge is -2.52. The van der Waals surface area contributed by atoms with Crippen molar-refractivity contribution in [1.82, 2.24) is 34.0 Å². The number of likely N-dealkylation sites (tertiary alicyclic amines) is 1. The van der Waals surface area contributed by atoms with Crippen LogP contribution in [-0.2, 0) is 11.3 Å². The number of nitrogens with one attached hydrogen (secondary N) is 1. The van der Waals surface area contributed by atoms with Gasteiger partial charge < -0.3 is 14.8 Å². The molecule has 9 nitrogen and oxygen atoms in total. The number of carbonyl (C=O) groups is 1. The van der Waals surface area contributed by atoms with Gasteiger partial charge >= 0.3 is 0 Å². The first-order valence-corrected chi connectivity index (χ1v) is 12.3. The van der Waals surface area contributed by atoms with Gasteiger partial charge in [0.15, 0.2) is 5.65 Å². The Hall–Kier alpha value is -3.63. The minimum atomic E-state index is -2.47. The molecule has 2 aliphatic rings. The summed E-state index contributed by atoms with van der Waals surface area (Å²) in [6.45, 7) is 4.62. The third kappa shape index (κ3) is 3.96. The van der Waals surface area contributed by atoms with Crippen LogP contribution in [0.15, 0.2) is 30.7 Å². The fourth-order valence-corrected chi connectivity index (χ4v) is 5.82. The monoisotopic (exact) mass is 494 g/mol. The topological polar surface area (TPSA) is 93.2 Å².